The molecule has 1 heterocycles. The Morgan fingerprint density at radius 3 is 2.68 bits per heavy atom. The van der Waals surface area contributed by atoms with Crippen molar-refractivity contribution in [1.82, 2.24) is 5.16 Å². The fourth-order valence-corrected chi connectivity index (χ4v) is 1.68. The molecule has 0 radical (unpaired) electrons. The average molecular weight is 290 g/mol. The van der Waals surface area contributed by atoms with Crippen LogP contribution in [0.5, 0.6) is 5.75 Å². The molecule has 0 saturated heterocycles. The van der Waals surface area contributed by atoms with Crippen LogP contribution < -0.4 is 4.74 Å². The van der Waals surface area contributed by atoms with Crippen molar-refractivity contribution in [3.8, 4) is 17.0 Å². The number of carbonyl (C=O) groups is 1. The molecule has 0 atom stereocenters. The van der Waals surface area contributed by atoms with Crippen molar-refractivity contribution >= 4 is 17.6 Å². The van der Waals surface area contributed by atoms with Gasteiger partial charge in [0, 0.05) is 12.1 Å². The molecule has 5 nitrogen and oxygen atoms in total. The first-order chi connectivity index (χ1) is 8.95. The maximum Gasteiger partial charge on any atom is 0.374 e. The molecule has 2 aromatic rings. The Morgan fingerprint density at radius 1 is 1.47 bits per heavy atom. The minimum atomic E-state index is -1.40. The van der Waals surface area contributed by atoms with Gasteiger partial charge in [0.2, 0.25) is 5.76 Å². The summed E-state index contributed by atoms with van der Waals surface area (Å²) in [6, 6.07) is 1.77. The smallest absolute Gasteiger partial charge is 0.374 e. The minimum Gasteiger partial charge on any atom is -0.495 e. The van der Waals surface area contributed by atoms with Gasteiger partial charge in [-0.15, -0.1) is 0 Å². The van der Waals surface area contributed by atoms with Crippen LogP contribution in [0.4, 0.5) is 8.78 Å². The molecule has 0 aliphatic rings. The minimum absolute atomic E-state index is 0.178. The first-order valence-electron chi connectivity index (χ1n) is 4.87. The highest BCUT2D eigenvalue weighted by Gasteiger charge is 2.23. The lowest BCUT2D eigenvalue weighted by Gasteiger charge is -2.07. The molecular weight excluding hydrogens is 284 g/mol. The first kappa shape index (κ1) is 13.3. The van der Waals surface area contributed by atoms with E-state index in [1.165, 1.54) is 7.11 Å². The number of ether oxygens (including phenoxy) is 1. The number of halogens is 3. The quantitative estimate of drug-likeness (QED) is 0.879. The van der Waals surface area contributed by atoms with Crippen molar-refractivity contribution < 1.29 is 27.9 Å². The molecule has 0 spiro atoms. The number of aromatic carboxylic acids is 1. The van der Waals surface area contributed by atoms with Gasteiger partial charge in [-0.05, 0) is 0 Å². The van der Waals surface area contributed by atoms with Gasteiger partial charge in [-0.2, -0.15) is 0 Å². The molecule has 19 heavy (non-hydrogen) atoms. The van der Waals surface area contributed by atoms with Crippen LogP contribution in [-0.2, 0) is 0 Å². The number of nitrogens with zero attached hydrogens (tertiary/aromatic N) is 1. The van der Waals surface area contributed by atoms with E-state index in [-0.39, 0.29) is 11.4 Å². The fourth-order valence-electron chi connectivity index (χ4n) is 1.45. The normalized spacial score (nSPS) is 10.5. The van der Waals surface area contributed by atoms with Gasteiger partial charge in [-0.25, -0.2) is 13.6 Å². The van der Waals surface area contributed by atoms with Crippen molar-refractivity contribution in [3.05, 3.63) is 34.6 Å². The second-order valence-electron chi connectivity index (χ2n) is 3.45. The number of hydrogen-bond acceptors (Lipinski definition) is 4. The summed E-state index contributed by atoms with van der Waals surface area (Å²) >= 11 is 5.65. The lowest BCUT2D eigenvalue weighted by atomic mass is 10.1. The molecule has 0 aliphatic carbocycles. The Morgan fingerprint density at radius 2 is 2.16 bits per heavy atom. The monoisotopic (exact) mass is 289 g/mol. The molecule has 100 valence electrons. The predicted molar refractivity (Wildman–Crippen MR) is 60.4 cm³/mol. The second-order valence-corrected chi connectivity index (χ2v) is 3.82. The molecule has 0 unspecified atom stereocenters. The summed E-state index contributed by atoms with van der Waals surface area (Å²) in [4.78, 5) is 10.6. The van der Waals surface area contributed by atoms with Crippen LogP contribution in [0, 0.1) is 11.6 Å². The zero-order valence-corrected chi connectivity index (χ0v) is 10.2. The van der Waals surface area contributed by atoms with Crippen molar-refractivity contribution in [2.45, 2.75) is 0 Å². The third-order valence-electron chi connectivity index (χ3n) is 2.32. The molecular formula is C11H6ClF2NO4. The van der Waals surface area contributed by atoms with Gasteiger partial charge in [0.1, 0.15) is 22.3 Å². The van der Waals surface area contributed by atoms with Gasteiger partial charge >= 0.3 is 5.97 Å². The van der Waals surface area contributed by atoms with Crippen molar-refractivity contribution in [2.75, 3.05) is 7.11 Å². The van der Waals surface area contributed by atoms with Crippen LogP contribution in [0.3, 0.4) is 0 Å². The molecule has 8 heteroatoms. The van der Waals surface area contributed by atoms with Gasteiger partial charge in [-0.3, -0.25) is 0 Å². The second kappa shape index (κ2) is 4.85. The van der Waals surface area contributed by atoms with Crippen LogP contribution in [-0.4, -0.2) is 23.3 Å². The Balaban J connectivity index is 2.61. The third kappa shape index (κ3) is 2.24. The Hall–Kier alpha value is -2.15. The van der Waals surface area contributed by atoms with E-state index in [9.17, 15) is 13.6 Å². The van der Waals surface area contributed by atoms with Gasteiger partial charge in [-0.1, -0.05) is 16.8 Å². The van der Waals surface area contributed by atoms with E-state index in [1.807, 2.05) is 0 Å². The lowest BCUT2D eigenvalue weighted by molar-refractivity contribution is 0.0652. The van der Waals surface area contributed by atoms with Gasteiger partial charge in [0.25, 0.3) is 0 Å². The van der Waals surface area contributed by atoms with Crippen LogP contribution in [0.25, 0.3) is 11.3 Å². The summed E-state index contributed by atoms with van der Waals surface area (Å²) in [5.41, 5.74) is -0.890. The van der Waals surface area contributed by atoms with E-state index in [2.05, 4.69) is 9.68 Å². The first-order valence-corrected chi connectivity index (χ1v) is 5.25. The molecule has 1 N–H and O–H groups in total. The molecule has 1 aromatic carbocycles. The Bertz CT molecular complexity index is 656. The Labute approximate surface area is 110 Å². The van der Waals surface area contributed by atoms with E-state index in [4.69, 9.17) is 21.4 Å². The highest BCUT2D eigenvalue weighted by molar-refractivity contribution is 6.32. The molecule has 0 aliphatic heterocycles. The van der Waals surface area contributed by atoms with Gasteiger partial charge < -0.3 is 14.4 Å². The summed E-state index contributed by atoms with van der Waals surface area (Å²) in [5.74, 6) is -4.23. The largest absolute Gasteiger partial charge is 0.495 e. The number of hydrogen-bond donors (Lipinski definition) is 1. The summed E-state index contributed by atoms with van der Waals surface area (Å²) in [5, 5.41) is 11.5. The number of aromatic nitrogens is 1. The number of rotatable bonds is 3. The SMILES string of the molecule is COc1cc(F)c(-c2cc(C(=O)O)on2)c(F)c1Cl. The molecule has 2 rings (SSSR count). The molecule has 0 amide bonds. The van der Waals surface area contributed by atoms with Crippen LogP contribution in [0.2, 0.25) is 5.02 Å². The number of carboxylic acids is 1. The van der Waals surface area contributed by atoms with Crippen molar-refractivity contribution in [1.29, 1.82) is 0 Å². The highest BCUT2D eigenvalue weighted by Crippen LogP contribution is 2.36. The van der Waals surface area contributed by atoms with E-state index in [0.717, 1.165) is 12.1 Å². The topological polar surface area (TPSA) is 72.6 Å². The predicted octanol–water partition coefficient (Wildman–Crippen LogP) is 2.98. The van der Waals surface area contributed by atoms with E-state index in [0.29, 0.717) is 0 Å². The lowest BCUT2D eigenvalue weighted by Crippen LogP contribution is -1.96. The zero-order valence-electron chi connectivity index (χ0n) is 9.41. The van der Waals surface area contributed by atoms with E-state index in [1.54, 1.807) is 0 Å². The number of carboxylic acid groups (broad SMARTS) is 1. The molecule has 0 fully saturated rings. The standard InChI is InChI=1S/C11H6ClF2NO4/c1-18-6-2-4(13)8(10(14)9(6)12)5-3-7(11(16)17)19-15-5/h2-3H,1H3,(H,16,17). The summed E-state index contributed by atoms with van der Waals surface area (Å²) in [6.45, 7) is 0. The summed E-state index contributed by atoms with van der Waals surface area (Å²) < 4.78 is 36.8. The average Bonchev–Trinajstić information content (AvgIpc) is 2.83. The number of methoxy groups -OCH3 is 1. The maximum atomic E-state index is 13.9. The van der Waals surface area contributed by atoms with Crippen molar-refractivity contribution in [2.24, 2.45) is 0 Å². The molecule has 1 aromatic heterocycles. The summed E-state index contributed by atoms with van der Waals surface area (Å²) in [7, 11) is 1.21. The third-order valence-corrected chi connectivity index (χ3v) is 2.67. The van der Waals surface area contributed by atoms with Gasteiger partial charge in [0.05, 0.1) is 12.7 Å². The van der Waals surface area contributed by atoms with E-state index >= 15 is 0 Å². The van der Waals surface area contributed by atoms with Gasteiger partial charge in [0.15, 0.2) is 5.82 Å². The zero-order chi connectivity index (χ0) is 14.2. The van der Waals surface area contributed by atoms with E-state index < -0.39 is 34.0 Å². The molecule has 0 bridgehead atoms. The van der Waals surface area contributed by atoms with Crippen LogP contribution >= 0.6 is 11.6 Å². The molecule has 0 saturated carbocycles. The van der Waals surface area contributed by atoms with Crippen LogP contribution in [0.1, 0.15) is 10.6 Å². The fraction of sp³-hybridized carbons (Fsp3) is 0.0909. The van der Waals surface area contributed by atoms with Crippen molar-refractivity contribution in [3.63, 3.8) is 0 Å². The highest BCUT2D eigenvalue weighted by atomic mass is 35.5. The number of benzene rings is 1. The maximum absolute atomic E-state index is 13.9. The Kier molecular flexibility index (Phi) is 3.39. The van der Waals surface area contributed by atoms with Crippen LogP contribution in [0.15, 0.2) is 16.7 Å². The summed E-state index contributed by atoms with van der Waals surface area (Å²) in [6.07, 6.45) is 0.